The second-order valence-corrected chi connectivity index (χ2v) is 5.01. The van der Waals surface area contributed by atoms with E-state index in [0.29, 0.717) is 18.5 Å². The molecule has 1 unspecified atom stereocenters. The SMILES string of the molecule is CC(CCl)N(C)CCOc1ccc(Br)cc1. The molecule has 4 heteroatoms. The molecule has 1 atom stereocenters. The van der Waals surface area contributed by atoms with Gasteiger partial charge in [-0.2, -0.15) is 0 Å². The number of hydrogen-bond donors (Lipinski definition) is 0. The Morgan fingerprint density at radius 3 is 2.56 bits per heavy atom. The summed E-state index contributed by atoms with van der Waals surface area (Å²) in [6.07, 6.45) is 0. The van der Waals surface area contributed by atoms with Gasteiger partial charge >= 0.3 is 0 Å². The van der Waals surface area contributed by atoms with Crippen molar-refractivity contribution in [3.05, 3.63) is 28.7 Å². The van der Waals surface area contributed by atoms with Crippen LogP contribution in [0.1, 0.15) is 6.92 Å². The Hall–Kier alpha value is -0.250. The first kappa shape index (κ1) is 13.8. The third-order valence-electron chi connectivity index (χ3n) is 2.50. The minimum absolute atomic E-state index is 0.384. The normalized spacial score (nSPS) is 12.8. The fraction of sp³-hybridized carbons (Fsp3) is 0.500. The highest BCUT2D eigenvalue weighted by molar-refractivity contribution is 9.10. The van der Waals surface area contributed by atoms with Gasteiger partial charge in [-0.3, -0.25) is 4.90 Å². The standard InChI is InChI=1S/C12H17BrClNO/c1-10(9-14)15(2)7-8-16-12-5-3-11(13)4-6-12/h3-6,10H,7-9H2,1-2H3. The van der Waals surface area contributed by atoms with Gasteiger partial charge in [0.1, 0.15) is 12.4 Å². The maximum absolute atomic E-state index is 5.77. The van der Waals surface area contributed by atoms with Gasteiger partial charge in [-0.1, -0.05) is 15.9 Å². The number of likely N-dealkylation sites (N-methyl/N-ethyl adjacent to an activating group) is 1. The van der Waals surface area contributed by atoms with Crippen molar-refractivity contribution in [2.45, 2.75) is 13.0 Å². The van der Waals surface area contributed by atoms with E-state index >= 15 is 0 Å². The number of hydrogen-bond acceptors (Lipinski definition) is 2. The van der Waals surface area contributed by atoms with Crippen molar-refractivity contribution in [1.82, 2.24) is 4.90 Å². The van der Waals surface area contributed by atoms with E-state index in [9.17, 15) is 0 Å². The second-order valence-electron chi connectivity index (χ2n) is 3.79. The zero-order valence-corrected chi connectivity index (χ0v) is 12.0. The zero-order chi connectivity index (χ0) is 12.0. The molecule has 0 spiro atoms. The molecule has 1 aromatic rings. The lowest BCUT2D eigenvalue weighted by Gasteiger charge is -2.22. The monoisotopic (exact) mass is 305 g/mol. The van der Waals surface area contributed by atoms with E-state index in [1.165, 1.54) is 0 Å². The van der Waals surface area contributed by atoms with Crippen molar-refractivity contribution in [3.63, 3.8) is 0 Å². The van der Waals surface area contributed by atoms with Crippen LogP contribution in [0, 0.1) is 0 Å². The lowest BCUT2D eigenvalue weighted by Crippen LogP contribution is -2.33. The summed E-state index contributed by atoms with van der Waals surface area (Å²) in [7, 11) is 2.05. The highest BCUT2D eigenvalue weighted by atomic mass is 79.9. The first-order chi connectivity index (χ1) is 7.63. The molecular formula is C12H17BrClNO. The topological polar surface area (TPSA) is 12.5 Å². The van der Waals surface area contributed by atoms with Crippen LogP contribution in [-0.4, -0.2) is 37.0 Å². The Balaban J connectivity index is 2.27. The van der Waals surface area contributed by atoms with Crippen LogP contribution in [0.5, 0.6) is 5.75 Å². The predicted octanol–water partition coefficient (Wildman–Crippen LogP) is 3.39. The van der Waals surface area contributed by atoms with Gasteiger partial charge in [-0.15, -0.1) is 11.6 Å². The van der Waals surface area contributed by atoms with Crippen LogP contribution in [0.15, 0.2) is 28.7 Å². The molecule has 1 rings (SSSR count). The summed E-state index contributed by atoms with van der Waals surface area (Å²) in [5.41, 5.74) is 0. The molecule has 0 heterocycles. The predicted molar refractivity (Wildman–Crippen MR) is 72.4 cm³/mol. The first-order valence-electron chi connectivity index (χ1n) is 5.28. The Labute approximate surface area is 111 Å². The largest absolute Gasteiger partial charge is 0.492 e. The van der Waals surface area contributed by atoms with Crippen LogP contribution in [-0.2, 0) is 0 Å². The molecule has 0 radical (unpaired) electrons. The van der Waals surface area contributed by atoms with E-state index in [1.54, 1.807) is 0 Å². The lowest BCUT2D eigenvalue weighted by atomic mass is 10.3. The maximum atomic E-state index is 5.77. The number of nitrogens with zero attached hydrogens (tertiary/aromatic N) is 1. The quantitative estimate of drug-likeness (QED) is 0.747. The van der Waals surface area contributed by atoms with Crippen LogP contribution >= 0.6 is 27.5 Å². The van der Waals surface area contributed by atoms with E-state index in [1.807, 2.05) is 24.3 Å². The van der Waals surface area contributed by atoms with Crippen molar-refractivity contribution in [1.29, 1.82) is 0 Å². The molecule has 0 aliphatic rings. The number of alkyl halides is 1. The van der Waals surface area contributed by atoms with Crippen molar-refractivity contribution in [2.24, 2.45) is 0 Å². The molecule has 0 saturated carbocycles. The Bertz CT molecular complexity index is 304. The van der Waals surface area contributed by atoms with Gasteiger partial charge in [0.25, 0.3) is 0 Å². The smallest absolute Gasteiger partial charge is 0.119 e. The highest BCUT2D eigenvalue weighted by Crippen LogP contribution is 2.15. The summed E-state index contributed by atoms with van der Waals surface area (Å²) in [4.78, 5) is 2.19. The molecule has 2 nitrogen and oxygen atoms in total. The molecule has 0 N–H and O–H groups in total. The highest BCUT2D eigenvalue weighted by Gasteiger charge is 2.06. The number of rotatable bonds is 6. The summed E-state index contributed by atoms with van der Waals surface area (Å²) in [6, 6.07) is 8.24. The fourth-order valence-corrected chi connectivity index (χ4v) is 1.68. The molecular weight excluding hydrogens is 289 g/mol. The summed E-state index contributed by atoms with van der Waals surface area (Å²) < 4.78 is 6.68. The molecule has 0 amide bonds. The van der Waals surface area contributed by atoms with Crippen LogP contribution in [0.25, 0.3) is 0 Å². The Kier molecular flexibility index (Phi) is 6.17. The fourth-order valence-electron chi connectivity index (χ4n) is 1.18. The minimum Gasteiger partial charge on any atom is -0.492 e. The Morgan fingerprint density at radius 2 is 2.00 bits per heavy atom. The third kappa shape index (κ3) is 4.73. The van der Waals surface area contributed by atoms with Gasteiger partial charge < -0.3 is 4.74 Å². The van der Waals surface area contributed by atoms with E-state index < -0.39 is 0 Å². The van der Waals surface area contributed by atoms with E-state index in [2.05, 4.69) is 34.8 Å². The van der Waals surface area contributed by atoms with Gasteiger partial charge in [-0.25, -0.2) is 0 Å². The minimum atomic E-state index is 0.384. The van der Waals surface area contributed by atoms with Crippen LogP contribution in [0.3, 0.4) is 0 Å². The van der Waals surface area contributed by atoms with Crippen LogP contribution in [0.2, 0.25) is 0 Å². The summed E-state index contributed by atoms with van der Waals surface area (Å²) in [6.45, 7) is 3.66. The van der Waals surface area contributed by atoms with Crippen LogP contribution < -0.4 is 4.74 Å². The van der Waals surface area contributed by atoms with Gasteiger partial charge in [0.2, 0.25) is 0 Å². The molecule has 90 valence electrons. The van der Waals surface area contributed by atoms with E-state index in [4.69, 9.17) is 16.3 Å². The van der Waals surface area contributed by atoms with E-state index in [-0.39, 0.29) is 0 Å². The van der Waals surface area contributed by atoms with Gasteiger partial charge in [0.15, 0.2) is 0 Å². The lowest BCUT2D eigenvalue weighted by molar-refractivity contribution is 0.210. The third-order valence-corrected chi connectivity index (χ3v) is 3.48. The summed E-state index contributed by atoms with van der Waals surface area (Å²) in [5.74, 6) is 1.55. The molecule has 16 heavy (non-hydrogen) atoms. The molecule has 0 aliphatic carbocycles. The number of benzene rings is 1. The average molecular weight is 307 g/mol. The molecule has 0 aromatic heterocycles. The molecule has 0 saturated heterocycles. The van der Waals surface area contributed by atoms with Gasteiger partial charge in [-0.05, 0) is 38.2 Å². The number of halogens is 2. The van der Waals surface area contributed by atoms with Crippen molar-refractivity contribution in [2.75, 3.05) is 26.1 Å². The molecule has 0 bridgehead atoms. The summed E-state index contributed by atoms with van der Waals surface area (Å²) >= 11 is 9.16. The molecule has 0 aliphatic heterocycles. The van der Waals surface area contributed by atoms with E-state index in [0.717, 1.165) is 16.8 Å². The number of ether oxygens (including phenoxy) is 1. The summed E-state index contributed by atoms with van der Waals surface area (Å²) in [5, 5.41) is 0. The second kappa shape index (κ2) is 7.15. The zero-order valence-electron chi connectivity index (χ0n) is 9.62. The average Bonchev–Trinajstić information content (AvgIpc) is 2.30. The molecule has 0 fully saturated rings. The maximum Gasteiger partial charge on any atom is 0.119 e. The van der Waals surface area contributed by atoms with Gasteiger partial charge in [0, 0.05) is 22.9 Å². The van der Waals surface area contributed by atoms with Crippen molar-refractivity contribution >= 4 is 27.5 Å². The van der Waals surface area contributed by atoms with Crippen molar-refractivity contribution in [3.8, 4) is 5.75 Å². The van der Waals surface area contributed by atoms with Gasteiger partial charge in [0.05, 0.1) is 0 Å². The van der Waals surface area contributed by atoms with Crippen LogP contribution in [0.4, 0.5) is 0 Å². The first-order valence-corrected chi connectivity index (χ1v) is 6.61. The molecule has 1 aromatic carbocycles. The van der Waals surface area contributed by atoms with Crippen molar-refractivity contribution < 1.29 is 4.74 Å². The Morgan fingerprint density at radius 1 is 1.38 bits per heavy atom.